The van der Waals surface area contributed by atoms with Crippen LogP contribution in [0.4, 0.5) is 5.69 Å². The summed E-state index contributed by atoms with van der Waals surface area (Å²) in [6.45, 7) is 2.36. The van der Waals surface area contributed by atoms with Gasteiger partial charge in [-0.25, -0.2) is 0 Å². The number of nitrogens with one attached hydrogen (secondary N) is 1. The van der Waals surface area contributed by atoms with Crippen molar-refractivity contribution in [3.8, 4) is 5.75 Å². The minimum absolute atomic E-state index is 0.114. The average molecular weight is 347 g/mol. The monoisotopic (exact) mass is 346 g/mol. The fraction of sp³-hybridized carbons (Fsp3) is 0.417. The maximum absolute atomic E-state index is 11.0. The van der Waals surface area contributed by atoms with E-state index in [4.69, 9.17) is 9.84 Å². The summed E-state index contributed by atoms with van der Waals surface area (Å²) in [4.78, 5) is 21.2. The highest BCUT2D eigenvalue weighted by Gasteiger charge is 2.18. The topological polar surface area (TPSA) is 102 Å². The van der Waals surface area contributed by atoms with Crippen LogP contribution in [0.3, 0.4) is 0 Å². The summed E-state index contributed by atoms with van der Waals surface area (Å²) in [5, 5.41) is 22.5. The van der Waals surface area contributed by atoms with Gasteiger partial charge in [-0.15, -0.1) is 0 Å². The summed E-state index contributed by atoms with van der Waals surface area (Å²) in [5.74, 6) is -0.788. The van der Waals surface area contributed by atoms with Crippen molar-refractivity contribution < 1.29 is 19.6 Å². The third-order valence-corrected chi connectivity index (χ3v) is 3.13. The molecule has 0 amide bonds. The smallest absolute Gasteiger partial charge is 0.324 e. The molecule has 110 valence electrons. The molecule has 0 aliphatic carbocycles. The normalized spacial score (nSPS) is 11.9. The highest BCUT2D eigenvalue weighted by Crippen LogP contribution is 2.29. The minimum Gasteiger partial charge on any atom is -0.490 e. The summed E-state index contributed by atoms with van der Waals surface area (Å²) < 4.78 is 5.88. The number of hydrogen-bond acceptors (Lipinski definition) is 5. The second-order valence-electron chi connectivity index (χ2n) is 4.03. The average Bonchev–Trinajstić information content (AvgIpc) is 2.39. The highest BCUT2D eigenvalue weighted by atomic mass is 79.9. The summed E-state index contributed by atoms with van der Waals surface area (Å²) in [7, 11) is 0. The largest absolute Gasteiger partial charge is 0.490 e. The van der Waals surface area contributed by atoms with Gasteiger partial charge >= 0.3 is 5.97 Å². The summed E-state index contributed by atoms with van der Waals surface area (Å²) in [6, 6.07) is 3.22. The summed E-state index contributed by atoms with van der Waals surface area (Å²) in [5.41, 5.74) is -0.114. The zero-order chi connectivity index (χ0) is 15.1. The number of nitrogens with zero attached hydrogens (tertiary/aromatic N) is 1. The number of halogens is 1. The van der Waals surface area contributed by atoms with Crippen LogP contribution < -0.4 is 10.1 Å². The fourth-order valence-corrected chi connectivity index (χ4v) is 1.79. The molecule has 20 heavy (non-hydrogen) atoms. The molecule has 0 spiro atoms. The Morgan fingerprint density at radius 1 is 1.60 bits per heavy atom. The van der Waals surface area contributed by atoms with E-state index in [-0.39, 0.29) is 18.0 Å². The molecular weight excluding hydrogens is 332 g/mol. The van der Waals surface area contributed by atoms with Gasteiger partial charge in [0.2, 0.25) is 0 Å². The van der Waals surface area contributed by atoms with E-state index in [2.05, 4.69) is 21.2 Å². The van der Waals surface area contributed by atoms with Crippen LogP contribution in [0.1, 0.15) is 13.3 Å². The van der Waals surface area contributed by atoms with Crippen LogP contribution in [-0.2, 0) is 4.79 Å². The predicted molar refractivity (Wildman–Crippen MR) is 76.0 cm³/mol. The number of carboxylic acid groups (broad SMARTS) is 1. The van der Waals surface area contributed by atoms with E-state index in [1.54, 1.807) is 0 Å². The molecule has 7 nitrogen and oxygen atoms in total. The van der Waals surface area contributed by atoms with Crippen molar-refractivity contribution >= 4 is 27.6 Å². The van der Waals surface area contributed by atoms with E-state index in [1.807, 2.05) is 6.92 Å². The third-order valence-electron chi connectivity index (χ3n) is 2.47. The highest BCUT2D eigenvalue weighted by molar-refractivity contribution is 9.10. The first-order valence-corrected chi connectivity index (χ1v) is 6.78. The Labute approximate surface area is 124 Å². The molecule has 0 aromatic heterocycles. The molecule has 1 aromatic rings. The molecule has 1 atom stereocenters. The van der Waals surface area contributed by atoms with Crippen LogP contribution in [-0.4, -0.2) is 35.2 Å². The number of carboxylic acids is 1. The number of benzene rings is 1. The van der Waals surface area contributed by atoms with Gasteiger partial charge in [-0.3, -0.25) is 14.9 Å². The fourth-order valence-electron chi connectivity index (χ4n) is 1.43. The molecule has 0 radical (unpaired) electrons. The van der Waals surface area contributed by atoms with E-state index >= 15 is 0 Å². The molecule has 2 N–H and O–H groups in total. The Bertz CT molecular complexity index is 495. The van der Waals surface area contributed by atoms with E-state index in [1.165, 1.54) is 18.2 Å². The van der Waals surface area contributed by atoms with Crippen LogP contribution in [0.15, 0.2) is 22.7 Å². The Morgan fingerprint density at radius 2 is 2.30 bits per heavy atom. The maximum atomic E-state index is 11.0. The second-order valence-corrected chi connectivity index (χ2v) is 4.88. The lowest BCUT2D eigenvalue weighted by Crippen LogP contribution is -2.41. The van der Waals surface area contributed by atoms with Gasteiger partial charge in [0.05, 0.1) is 15.5 Å². The van der Waals surface area contributed by atoms with Crippen molar-refractivity contribution in [1.29, 1.82) is 0 Å². The van der Waals surface area contributed by atoms with Crippen LogP contribution >= 0.6 is 15.9 Å². The molecule has 0 bridgehead atoms. The standard InChI is InChI=1S/C12H15BrN2O5/c1-2-5-14-10(12(16)17)7-20-11-6-8(15(18)19)3-4-9(11)13/h3-4,6,10,14H,2,5,7H2,1H3,(H,16,17). The second kappa shape index (κ2) is 7.81. The first-order chi connectivity index (χ1) is 9.45. The van der Waals surface area contributed by atoms with E-state index in [0.29, 0.717) is 11.0 Å². The molecule has 0 saturated heterocycles. The number of nitro groups is 1. The van der Waals surface area contributed by atoms with Crippen molar-refractivity contribution in [2.45, 2.75) is 19.4 Å². The molecule has 1 rings (SSSR count). The molecule has 0 aliphatic heterocycles. The van der Waals surface area contributed by atoms with Gasteiger partial charge in [-0.2, -0.15) is 0 Å². The van der Waals surface area contributed by atoms with Gasteiger partial charge < -0.3 is 15.2 Å². The Morgan fingerprint density at radius 3 is 2.85 bits per heavy atom. The van der Waals surface area contributed by atoms with Crippen LogP contribution in [0, 0.1) is 10.1 Å². The number of hydrogen-bond donors (Lipinski definition) is 2. The minimum atomic E-state index is -1.03. The molecule has 0 aliphatic rings. The Hall–Kier alpha value is -1.67. The van der Waals surface area contributed by atoms with Gasteiger partial charge in [-0.05, 0) is 35.0 Å². The predicted octanol–water partition coefficient (Wildman–Crippen LogP) is 2.19. The van der Waals surface area contributed by atoms with Gasteiger partial charge in [0.1, 0.15) is 18.4 Å². The third kappa shape index (κ3) is 4.78. The molecule has 0 fully saturated rings. The zero-order valence-electron chi connectivity index (χ0n) is 10.8. The first-order valence-electron chi connectivity index (χ1n) is 5.98. The van der Waals surface area contributed by atoms with Crippen molar-refractivity contribution in [3.63, 3.8) is 0 Å². The SMILES string of the molecule is CCCNC(COc1cc([N+](=O)[O-])ccc1Br)C(=O)O. The number of ether oxygens (including phenoxy) is 1. The number of rotatable bonds is 8. The Kier molecular flexibility index (Phi) is 6.40. The molecule has 8 heteroatoms. The number of nitro benzene ring substituents is 1. The number of aliphatic carboxylic acids is 1. The lowest BCUT2D eigenvalue weighted by Gasteiger charge is -2.15. The maximum Gasteiger partial charge on any atom is 0.324 e. The lowest BCUT2D eigenvalue weighted by molar-refractivity contribution is -0.385. The van der Waals surface area contributed by atoms with Gasteiger partial charge in [-0.1, -0.05) is 6.92 Å². The van der Waals surface area contributed by atoms with Crippen molar-refractivity contribution in [1.82, 2.24) is 5.32 Å². The van der Waals surface area contributed by atoms with E-state index < -0.39 is 16.9 Å². The van der Waals surface area contributed by atoms with Crippen molar-refractivity contribution in [2.24, 2.45) is 0 Å². The quantitative estimate of drug-likeness (QED) is 0.552. The number of carbonyl (C=O) groups is 1. The molecule has 0 saturated carbocycles. The lowest BCUT2D eigenvalue weighted by atomic mass is 10.3. The van der Waals surface area contributed by atoms with E-state index in [0.717, 1.165) is 6.42 Å². The van der Waals surface area contributed by atoms with Crippen molar-refractivity contribution in [2.75, 3.05) is 13.2 Å². The van der Waals surface area contributed by atoms with Crippen LogP contribution in [0.5, 0.6) is 5.75 Å². The zero-order valence-corrected chi connectivity index (χ0v) is 12.4. The molecule has 1 unspecified atom stereocenters. The first kappa shape index (κ1) is 16.4. The van der Waals surface area contributed by atoms with E-state index in [9.17, 15) is 14.9 Å². The molecular formula is C12H15BrN2O5. The molecule has 1 aromatic carbocycles. The van der Waals surface area contributed by atoms with Crippen LogP contribution in [0.25, 0.3) is 0 Å². The summed E-state index contributed by atoms with van der Waals surface area (Å²) >= 11 is 3.20. The van der Waals surface area contributed by atoms with Gasteiger partial charge in [0.15, 0.2) is 0 Å². The van der Waals surface area contributed by atoms with Gasteiger partial charge in [0, 0.05) is 6.07 Å². The van der Waals surface area contributed by atoms with Gasteiger partial charge in [0.25, 0.3) is 5.69 Å². The molecule has 0 heterocycles. The number of non-ortho nitro benzene ring substituents is 1. The summed E-state index contributed by atoms with van der Waals surface area (Å²) in [6.07, 6.45) is 0.796. The van der Waals surface area contributed by atoms with Crippen molar-refractivity contribution in [3.05, 3.63) is 32.8 Å². The Balaban J connectivity index is 2.74. The van der Waals surface area contributed by atoms with Crippen LogP contribution in [0.2, 0.25) is 0 Å².